The van der Waals surface area contributed by atoms with Crippen molar-refractivity contribution < 1.29 is 9.90 Å². The molecule has 1 aliphatic carbocycles. The normalized spacial score (nSPS) is 41.6. The van der Waals surface area contributed by atoms with E-state index in [0.29, 0.717) is 12.0 Å². The zero-order valence-corrected chi connectivity index (χ0v) is 7.36. The van der Waals surface area contributed by atoms with E-state index in [4.69, 9.17) is 5.11 Å². The second-order valence-electron chi connectivity index (χ2n) is 4.11. The number of hydrogen-bond acceptors (Lipinski definition) is 2. The first-order valence-corrected chi connectivity index (χ1v) is 4.61. The molecule has 0 radical (unpaired) electrons. The lowest BCUT2D eigenvalue weighted by Gasteiger charge is -2.24. The summed E-state index contributed by atoms with van der Waals surface area (Å²) in [5, 5.41) is 8.93. The summed E-state index contributed by atoms with van der Waals surface area (Å²) in [6.45, 7) is 0.988. The third kappa shape index (κ3) is 1.12. The van der Waals surface area contributed by atoms with Crippen molar-refractivity contribution in [3.63, 3.8) is 0 Å². The molecule has 2 bridgehead atoms. The highest BCUT2D eigenvalue weighted by molar-refractivity contribution is 5.70. The molecule has 0 aromatic carbocycles. The van der Waals surface area contributed by atoms with E-state index < -0.39 is 5.97 Å². The van der Waals surface area contributed by atoms with Crippen LogP contribution >= 0.6 is 0 Å². The monoisotopic (exact) mass is 169 g/mol. The van der Waals surface area contributed by atoms with Crippen molar-refractivity contribution in [2.45, 2.75) is 25.3 Å². The minimum Gasteiger partial charge on any atom is -0.481 e. The maximum atomic E-state index is 10.8. The van der Waals surface area contributed by atoms with Gasteiger partial charge in [0.05, 0.1) is 5.92 Å². The molecule has 2 fully saturated rings. The van der Waals surface area contributed by atoms with Crippen LogP contribution in [0, 0.1) is 11.8 Å². The van der Waals surface area contributed by atoms with Gasteiger partial charge in [-0.3, -0.25) is 4.79 Å². The van der Waals surface area contributed by atoms with Gasteiger partial charge < -0.3 is 10.0 Å². The predicted octanol–water partition coefficient (Wildman–Crippen LogP) is 0.801. The molecule has 0 spiro atoms. The molecule has 0 aromatic heterocycles. The Morgan fingerprint density at radius 1 is 1.50 bits per heavy atom. The smallest absolute Gasteiger partial charge is 0.306 e. The van der Waals surface area contributed by atoms with Crippen LogP contribution in [0.4, 0.5) is 0 Å². The Balaban J connectivity index is 2.09. The molecule has 68 valence electrons. The van der Waals surface area contributed by atoms with Gasteiger partial charge in [0.1, 0.15) is 0 Å². The van der Waals surface area contributed by atoms with Gasteiger partial charge in [0.25, 0.3) is 0 Å². The fourth-order valence-electron chi connectivity index (χ4n) is 2.69. The van der Waals surface area contributed by atoms with Gasteiger partial charge in [-0.1, -0.05) is 0 Å². The minimum atomic E-state index is -0.589. The number of hydrogen-bond donors (Lipinski definition) is 1. The van der Waals surface area contributed by atoms with Crippen LogP contribution < -0.4 is 0 Å². The molecule has 1 heterocycles. The lowest BCUT2D eigenvalue weighted by molar-refractivity contribution is -0.144. The van der Waals surface area contributed by atoms with Gasteiger partial charge in [-0.05, 0) is 32.2 Å². The highest BCUT2D eigenvalue weighted by atomic mass is 16.4. The second kappa shape index (κ2) is 2.73. The topological polar surface area (TPSA) is 40.5 Å². The third-order valence-electron chi connectivity index (χ3n) is 3.42. The van der Waals surface area contributed by atoms with Crippen molar-refractivity contribution in [1.29, 1.82) is 0 Å². The number of carboxylic acids is 1. The number of rotatable bonds is 1. The summed E-state index contributed by atoms with van der Waals surface area (Å²) >= 11 is 0. The Bertz CT molecular complexity index is 203. The number of likely N-dealkylation sites (tertiary alicyclic amines) is 1. The van der Waals surface area contributed by atoms with Crippen molar-refractivity contribution in [1.82, 2.24) is 4.90 Å². The molecule has 3 unspecified atom stereocenters. The molecule has 1 N–H and O–H groups in total. The first-order valence-electron chi connectivity index (χ1n) is 4.61. The molecule has 0 amide bonds. The fraction of sp³-hybridized carbons (Fsp3) is 0.889. The summed E-state index contributed by atoms with van der Waals surface area (Å²) in [4.78, 5) is 13.1. The minimum absolute atomic E-state index is 0.0637. The van der Waals surface area contributed by atoms with Crippen LogP contribution in [-0.4, -0.2) is 35.6 Å². The first-order chi connectivity index (χ1) is 5.68. The summed E-state index contributed by atoms with van der Waals surface area (Å²) in [6.07, 6.45) is 3.06. The maximum absolute atomic E-state index is 10.8. The zero-order valence-electron chi connectivity index (χ0n) is 7.36. The number of aliphatic carboxylic acids is 1. The summed E-state index contributed by atoms with van der Waals surface area (Å²) in [6, 6.07) is 0.672. The van der Waals surface area contributed by atoms with Crippen molar-refractivity contribution in [3.8, 4) is 0 Å². The highest BCUT2D eigenvalue weighted by Gasteiger charge is 2.41. The average molecular weight is 169 g/mol. The molecule has 3 heteroatoms. The molecule has 3 atom stereocenters. The van der Waals surface area contributed by atoms with Crippen molar-refractivity contribution >= 4 is 5.97 Å². The zero-order chi connectivity index (χ0) is 8.72. The number of carbonyl (C=O) groups is 1. The molecule has 1 saturated carbocycles. The molecule has 12 heavy (non-hydrogen) atoms. The molecule has 3 nitrogen and oxygen atoms in total. The van der Waals surface area contributed by atoms with E-state index in [1.54, 1.807) is 0 Å². The predicted molar refractivity (Wildman–Crippen MR) is 44.9 cm³/mol. The fourth-order valence-corrected chi connectivity index (χ4v) is 2.69. The molecule has 1 aliphatic heterocycles. The van der Waals surface area contributed by atoms with Crippen LogP contribution in [0.3, 0.4) is 0 Å². The van der Waals surface area contributed by atoms with Gasteiger partial charge in [0.15, 0.2) is 0 Å². The number of fused-ring (bicyclic) bond motifs is 2. The summed E-state index contributed by atoms with van der Waals surface area (Å²) < 4.78 is 0. The Kier molecular flexibility index (Phi) is 1.83. The van der Waals surface area contributed by atoms with Gasteiger partial charge >= 0.3 is 5.97 Å². The molecule has 2 rings (SSSR count). The molecule has 1 saturated heterocycles. The Morgan fingerprint density at radius 3 is 2.92 bits per heavy atom. The third-order valence-corrected chi connectivity index (χ3v) is 3.42. The maximum Gasteiger partial charge on any atom is 0.306 e. The largest absolute Gasteiger partial charge is 0.481 e. The van der Waals surface area contributed by atoms with Crippen LogP contribution in [0.2, 0.25) is 0 Å². The standard InChI is InChI=1S/C9H15NO2/c1-10-5-6-4-7(10)2-3-8(6)9(11)12/h6-8H,2-5H2,1H3,(H,11,12). The second-order valence-corrected chi connectivity index (χ2v) is 4.11. The van der Waals surface area contributed by atoms with Crippen LogP contribution in [-0.2, 0) is 4.79 Å². The Hall–Kier alpha value is -0.570. The van der Waals surface area contributed by atoms with Crippen LogP contribution in [0.25, 0.3) is 0 Å². The lowest BCUT2D eigenvalue weighted by Crippen LogP contribution is -2.28. The van der Waals surface area contributed by atoms with E-state index in [0.717, 1.165) is 25.8 Å². The van der Waals surface area contributed by atoms with E-state index in [-0.39, 0.29) is 5.92 Å². The van der Waals surface area contributed by atoms with E-state index in [2.05, 4.69) is 11.9 Å². The van der Waals surface area contributed by atoms with Crippen LogP contribution in [0.15, 0.2) is 0 Å². The lowest BCUT2D eigenvalue weighted by atomic mass is 9.80. The number of nitrogens with zero attached hydrogens (tertiary/aromatic N) is 1. The molecular formula is C9H15NO2. The van der Waals surface area contributed by atoms with Gasteiger partial charge in [0, 0.05) is 12.6 Å². The Morgan fingerprint density at radius 2 is 2.25 bits per heavy atom. The first kappa shape index (κ1) is 8.05. The van der Waals surface area contributed by atoms with Crippen molar-refractivity contribution in [2.24, 2.45) is 11.8 Å². The van der Waals surface area contributed by atoms with Gasteiger partial charge in [-0.25, -0.2) is 0 Å². The van der Waals surface area contributed by atoms with Gasteiger partial charge in [-0.2, -0.15) is 0 Å². The van der Waals surface area contributed by atoms with E-state index in [9.17, 15) is 4.79 Å². The molecule has 2 aliphatic rings. The quantitative estimate of drug-likeness (QED) is 0.631. The van der Waals surface area contributed by atoms with Crippen molar-refractivity contribution in [3.05, 3.63) is 0 Å². The molecular weight excluding hydrogens is 154 g/mol. The summed E-state index contributed by atoms with van der Waals surface area (Å²) in [5.74, 6) is -0.230. The van der Waals surface area contributed by atoms with Crippen LogP contribution in [0.1, 0.15) is 19.3 Å². The average Bonchev–Trinajstić information content (AvgIpc) is 2.28. The van der Waals surface area contributed by atoms with E-state index >= 15 is 0 Å². The summed E-state index contributed by atoms with van der Waals surface area (Å²) in [7, 11) is 2.11. The number of carboxylic acid groups (broad SMARTS) is 1. The molecule has 0 aromatic rings. The SMILES string of the molecule is CN1CC2CC1CCC2C(=O)O. The van der Waals surface area contributed by atoms with E-state index in [1.165, 1.54) is 0 Å². The van der Waals surface area contributed by atoms with Crippen molar-refractivity contribution in [2.75, 3.05) is 13.6 Å². The highest BCUT2D eigenvalue weighted by Crippen LogP contribution is 2.38. The van der Waals surface area contributed by atoms with E-state index in [1.807, 2.05) is 0 Å². The van der Waals surface area contributed by atoms with Gasteiger partial charge in [-0.15, -0.1) is 0 Å². The van der Waals surface area contributed by atoms with Crippen LogP contribution in [0.5, 0.6) is 0 Å². The Labute approximate surface area is 72.4 Å². The van der Waals surface area contributed by atoms with Gasteiger partial charge in [0.2, 0.25) is 0 Å². The summed E-state index contributed by atoms with van der Waals surface area (Å²) in [5.41, 5.74) is 0.